The molecule has 0 bridgehead atoms. The molecule has 0 aliphatic carbocycles. The third kappa shape index (κ3) is 3.35. The molecule has 0 unspecified atom stereocenters. The fourth-order valence-electron chi connectivity index (χ4n) is 1.94. The number of aromatic hydroxyl groups is 1. The van der Waals surface area contributed by atoms with Gasteiger partial charge in [-0.3, -0.25) is 4.79 Å². The number of carbonyl (C=O) groups is 1. The number of fused-ring (bicyclic) bond motifs is 1. The molecular formula is C16H18N2O2. The first-order chi connectivity index (χ1) is 9.72. The Morgan fingerprint density at radius 2 is 2.10 bits per heavy atom. The van der Waals surface area contributed by atoms with Gasteiger partial charge in [-0.25, -0.2) is 5.43 Å². The van der Waals surface area contributed by atoms with E-state index in [0.717, 1.165) is 23.6 Å². The van der Waals surface area contributed by atoms with Crippen molar-refractivity contribution < 1.29 is 9.90 Å². The number of carbonyl (C=O) groups excluding carboxylic acids is 1. The molecule has 0 aromatic heterocycles. The Hall–Kier alpha value is -2.36. The molecule has 0 saturated heterocycles. The van der Waals surface area contributed by atoms with Crippen LogP contribution in [0, 0.1) is 0 Å². The molecule has 2 aromatic carbocycles. The summed E-state index contributed by atoms with van der Waals surface area (Å²) in [6.45, 7) is 2.03. The van der Waals surface area contributed by atoms with Gasteiger partial charge in [-0.1, -0.05) is 43.7 Å². The van der Waals surface area contributed by atoms with Gasteiger partial charge in [0.05, 0.1) is 6.21 Å². The van der Waals surface area contributed by atoms with E-state index in [9.17, 15) is 9.90 Å². The Bertz CT molecular complexity index is 635. The number of hydrazone groups is 1. The molecule has 0 fully saturated rings. The largest absolute Gasteiger partial charge is 0.507 e. The molecule has 104 valence electrons. The van der Waals surface area contributed by atoms with E-state index >= 15 is 0 Å². The van der Waals surface area contributed by atoms with Crippen molar-refractivity contribution in [2.24, 2.45) is 5.10 Å². The van der Waals surface area contributed by atoms with Gasteiger partial charge >= 0.3 is 0 Å². The molecule has 20 heavy (non-hydrogen) atoms. The first-order valence-electron chi connectivity index (χ1n) is 6.75. The van der Waals surface area contributed by atoms with Crippen LogP contribution in [0.3, 0.4) is 0 Å². The van der Waals surface area contributed by atoms with Crippen molar-refractivity contribution in [2.45, 2.75) is 26.2 Å². The van der Waals surface area contributed by atoms with E-state index in [0.29, 0.717) is 12.0 Å². The second kappa shape index (κ2) is 6.70. The number of hydrogen-bond acceptors (Lipinski definition) is 3. The molecule has 0 saturated carbocycles. The van der Waals surface area contributed by atoms with Gasteiger partial charge in [0.1, 0.15) is 5.75 Å². The second-order valence-corrected chi connectivity index (χ2v) is 4.62. The summed E-state index contributed by atoms with van der Waals surface area (Å²) in [6.07, 6.45) is 3.76. The second-order valence-electron chi connectivity index (χ2n) is 4.62. The highest BCUT2D eigenvalue weighted by Gasteiger charge is 2.04. The monoisotopic (exact) mass is 270 g/mol. The number of unbranched alkanes of at least 4 members (excludes halogenated alkanes) is 1. The fraction of sp³-hybridized carbons (Fsp3) is 0.250. The molecular weight excluding hydrogens is 252 g/mol. The van der Waals surface area contributed by atoms with Crippen molar-refractivity contribution in [1.82, 2.24) is 5.43 Å². The lowest BCUT2D eigenvalue weighted by atomic mass is 10.1. The maximum Gasteiger partial charge on any atom is 0.240 e. The zero-order valence-corrected chi connectivity index (χ0v) is 11.5. The van der Waals surface area contributed by atoms with E-state index in [4.69, 9.17) is 0 Å². The van der Waals surface area contributed by atoms with Crippen LogP contribution in [0.1, 0.15) is 31.7 Å². The Balaban J connectivity index is 2.10. The zero-order valence-electron chi connectivity index (χ0n) is 11.5. The molecule has 2 aromatic rings. The van der Waals surface area contributed by atoms with E-state index in [2.05, 4.69) is 10.5 Å². The predicted octanol–water partition coefficient (Wildman–Crippen LogP) is 3.19. The minimum atomic E-state index is -0.108. The third-order valence-corrected chi connectivity index (χ3v) is 3.08. The van der Waals surface area contributed by atoms with Gasteiger partial charge in [0.25, 0.3) is 0 Å². The summed E-state index contributed by atoms with van der Waals surface area (Å²) in [5.41, 5.74) is 3.04. The number of amides is 1. The highest BCUT2D eigenvalue weighted by Crippen LogP contribution is 2.27. The highest BCUT2D eigenvalue weighted by atomic mass is 16.3. The van der Waals surface area contributed by atoms with Crippen LogP contribution >= 0.6 is 0 Å². The van der Waals surface area contributed by atoms with Crippen molar-refractivity contribution in [2.75, 3.05) is 0 Å². The van der Waals surface area contributed by atoms with Gasteiger partial charge in [-0.2, -0.15) is 5.10 Å². The Labute approximate surface area is 118 Å². The van der Waals surface area contributed by atoms with Crippen LogP contribution in [-0.2, 0) is 4.79 Å². The van der Waals surface area contributed by atoms with E-state index in [1.165, 1.54) is 6.21 Å². The average molecular weight is 270 g/mol. The number of hydrogen-bond donors (Lipinski definition) is 2. The number of benzene rings is 2. The smallest absolute Gasteiger partial charge is 0.240 e. The maximum atomic E-state index is 11.4. The summed E-state index contributed by atoms with van der Waals surface area (Å²) in [5.74, 6) is 0.0676. The van der Waals surface area contributed by atoms with Crippen LogP contribution in [0.2, 0.25) is 0 Å². The highest BCUT2D eigenvalue weighted by molar-refractivity contribution is 5.97. The van der Waals surface area contributed by atoms with Gasteiger partial charge in [-0.15, -0.1) is 0 Å². The van der Waals surface area contributed by atoms with Crippen molar-refractivity contribution in [3.63, 3.8) is 0 Å². The third-order valence-electron chi connectivity index (χ3n) is 3.08. The Morgan fingerprint density at radius 3 is 2.90 bits per heavy atom. The van der Waals surface area contributed by atoms with Crippen molar-refractivity contribution in [3.05, 3.63) is 42.0 Å². The van der Waals surface area contributed by atoms with Gasteiger partial charge in [0, 0.05) is 17.4 Å². The minimum absolute atomic E-state index is 0.108. The van der Waals surface area contributed by atoms with Crippen LogP contribution < -0.4 is 5.43 Å². The summed E-state index contributed by atoms with van der Waals surface area (Å²) >= 11 is 0. The molecule has 2 rings (SSSR count). The zero-order chi connectivity index (χ0) is 14.4. The Morgan fingerprint density at radius 1 is 1.30 bits per heavy atom. The Kier molecular flexibility index (Phi) is 4.71. The first-order valence-corrected chi connectivity index (χ1v) is 6.75. The number of nitrogens with one attached hydrogen (secondary N) is 1. The van der Waals surface area contributed by atoms with Crippen LogP contribution in [0.15, 0.2) is 41.5 Å². The molecule has 0 aliphatic rings. The van der Waals surface area contributed by atoms with Crippen molar-refractivity contribution in [3.8, 4) is 5.75 Å². The van der Waals surface area contributed by atoms with Gasteiger partial charge in [-0.05, 0) is 17.9 Å². The number of phenolic OH excluding ortho intramolecular Hbond substituents is 1. The van der Waals surface area contributed by atoms with E-state index in [1.54, 1.807) is 6.07 Å². The number of rotatable bonds is 5. The molecule has 0 atom stereocenters. The van der Waals surface area contributed by atoms with Crippen molar-refractivity contribution >= 4 is 22.9 Å². The van der Waals surface area contributed by atoms with E-state index in [1.807, 2.05) is 37.3 Å². The van der Waals surface area contributed by atoms with Crippen LogP contribution in [-0.4, -0.2) is 17.2 Å². The topological polar surface area (TPSA) is 61.7 Å². The maximum absolute atomic E-state index is 11.4. The van der Waals surface area contributed by atoms with E-state index in [-0.39, 0.29) is 11.7 Å². The van der Waals surface area contributed by atoms with Crippen molar-refractivity contribution in [1.29, 1.82) is 0 Å². The summed E-state index contributed by atoms with van der Waals surface area (Å²) in [7, 11) is 0. The SMILES string of the molecule is CCCCC(=O)N/N=C/c1ccc2ccccc2c1O. The molecule has 0 spiro atoms. The van der Waals surface area contributed by atoms with Crippen LogP contribution in [0.25, 0.3) is 10.8 Å². The van der Waals surface area contributed by atoms with Crippen LogP contribution in [0.4, 0.5) is 0 Å². The normalized spacial score (nSPS) is 11.1. The van der Waals surface area contributed by atoms with E-state index < -0.39 is 0 Å². The summed E-state index contributed by atoms with van der Waals surface area (Å²) in [6, 6.07) is 11.3. The summed E-state index contributed by atoms with van der Waals surface area (Å²) in [5, 5.41) is 15.8. The molecule has 1 amide bonds. The predicted molar refractivity (Wildman–Crippen MR) is 80.9 cm³/mol. The van der Waals surface area contributed by atoms with Crippen LogP contribution in [0.5, 0.6) is 5.75 Å². The fourth-order valence-corrected chi connectivity index (χ4v) is 1.94. The average Bonchev–Trinajstić information content (AvgIpc) is 2.48. The lowest BCUT2D eigenvalue weighted by Gasteiger charge is -2.04. The molecule has 2 N–H and O–H groups in total. The molecule has 4 heteroatoms. The first kappa shape index (κ1) is 14.1. The molecule has 0 radical (unpaired) electrons. The molecule has 4 nitrogen and oxygen atoms in total. The van der Waals surface area contributed by atoms with Gasteiger partial charge < -0.3 is 5.11 Å². The summed E-state index contributed by atoms with van der Waals surface area (Å²) < 4.78 is 0. The molecule has 0 aliphatic heterocycles. The number of phenols is 1. The number of nitrogens with zero attached hydrogens (tertiary/aromatic N) is 1. The lowest BCUT2D eigenvalue weighted by Crippen LogP contribution is -2.16. The molecule has 0 heterocycles. The van der Waals surface area contributed by atoms with Gasteiger partial charge in [0.15, 0.2) is 0 Å². The van der Waals surface area contributed by atoms with Gasteiger partial charge in [0.2, 0.25) is 5.91 Å². The quantitative estimate of drug-likeness (QED) is 0.647. The lowest BCUT2D eigenvalue weighted by molar-refractivity contribution is -0.121. The standard InChI is InChI=1S/C16H18N2O2/c1-2-3-8-15(19)18-17-11-13-10-9-12-6-4-5-7-14(12)16(13)20/h4-7,9-11,20H,2-3,8H2,1H3,(H,18,19)/b17-11+. The minimum Gasteiger partial charge on any atom is -0.507 e. The summed E-state index contributed by atoms with van der Waals surface area (Å²) in [4.78, 5) is 11.4.